The van der Waals surface area contributed by atoms with Crippen LogP contribution in [0.25, 0.3) is 0 Å². The van der Waals surface area contributed by atoms with E-state index >= 15 is 0 Å². The van der Waals surface area contributed by atoms with E-state index in [1.54, 1.807) is 0 Å². The van der Waals surface area contributed by atoms with Crippen LogP contribution in [0.15, 0.2) is 0 Å². The molecule has 0 fully saturated rings. The molecule has 0 amide bonds. The zero-order valence-electron chi connectivity index (χ0n) is 3.23. The van der Waals surface area contributed by atoms with Crippen LogP contribution in [0.4, 0.5) is 0 Å². The first-order valence-corrected chi connectivity index (χ1v) is 2.02. The fraction of sp³-hybridized carbons (Fsp3) is 0.667. The summed E-state index contributed by atoms with van der Waals surface area (Å²) in [7, 11) is 0. The molecule has 1 radical (unpaired) electrons. The Morgan fingerprint density at radius 3 is 2.20 bits per heavy atom. The second kappa shape index (κ2) is 2.54. The van der Waals surface area contributed by atoms with Crippen molar-refractivity contribution in [3.63, 3.8) is 0 Å². The zero-order chi connectivity index (χ0) is 4.28. The van der Waals surface area contributed by atoms with E-state index in [1.807, 2.05) is 6.92 Å². The molecule has 0 aliphatic heterocycles. The van der Waals surface area contributed by atoms with Crippen LogP contribution in [0.2, 0.25) is 0 Å². The molecule has 0 bridgehead atoms. The van der Waals surface area contributed by atoms with E-state index in [0.717, 1.165) is 6.42 Å². The minimum atomic E-state index is 0.699. The van der Waals surface area contributed by atoms with E-state index in [9.17, 15) is 0 Å². The van der Waals surface area contributed by atoms with Crippen LogP contribution in [0, 0.1) is 5.37 Å². The highest BCUT2D eigenvalue weighted by Gasteiger charge is 1.82. The number of hydrogen-bond donors (Lipinski definition) is 2. The zero-order valence-corrected chi connectivity index (χ0v) is 4.13. The molecule has 2 heteroatoms. The lowest BCUT2D eigenvalue weighted by Gasteiger charge is -1.89. The van der Waals surface area contributed by atoms with Crippen molar-refractivity contribution in [2.75, 3.05) is 0 Å². The van der Waals surface area contributed by atoms with Gasteiger partial charge in [-0.15, -0.1) is 0 Å². The van der Waals surface area contributed by atoms with E-state index in [4.69, 9.17) is 5.73 Å². The predicted octanol–water partition coefficient (Wildman–Crippen LogP) is 0.774. The van der Waals surface area contributed by atoms with E-state index in [2.05, 4.69) is 12.6 Å². The smallest absolute Gasteiger partial charge is 0.0862 e. The molecular formula is C3H8NS. The van der Waals surface area contributed by atoms with Gasteiger partial charge in [0.25, 0.3) is 0 Å². The van der Waals surface area contributed by atoms with Gasteiger partial charge in [-0.05, 0) is 6.42 Å². The summed E-state index contributed by atoms with van der Waals surface area (Å²) >= 11 is 3.79. The number of nitrogens with two attached hydrogens (primary N) is 1. The third kappa shape index (κ3) is 4.31. The molecule has 0 heterocycles. The van der Waals surface area contributed by atoms with Crippen molar-refractivity contribution in [1.82, 2.24) is 0 Å². The van der Waals surface area contributed by atoms with Gasteiger partial charge in [0, 0.05) is 0 Å². The molecule has 0 aliphatic carbocycles. The van der Waals surface area contributed by atoms with Crippen molar-refractivity contribution in [1.29, 1.82) is 0 Å². The monoisotopic (exact) mass is 90.0 g/mol. The maximum atomic E-state index is 5.07. The van der Waals surface area contributed by atoms with Crippen molar-refractivity contribution in [3.05, 3.63) is 5.37 Å². The summed E-state index contributed by atoms with van der Waals surface area (Å²) in [5, 5.41) is 0.699. The summed E-state index contributed by atoms with van der Waals surface area (Å²) < 4.78 is 0. The molecule has 0 saturated heterocycles. The first-order valence-electron chi connectivity index (χ1n) is 1.57. The van der Waals surface area contributed by atoms with Gasteiger partial charge in [-0.1, -0.05) is 6.92 Å². The fourth-order valence-electron chi connectivity index (χ4n) is 0. The van der Waals surface area contributed by atoms with Gasteiger partial charge >= 0.3 is 0 Å². The normalized spacial score (nSPS) is 9.60. The maximum Gasteiger partial charge on any atom is 0.0862 e. The quantitative estimate of drug-likeness (QED) is 0.457. The second-order valence-electron chi connectivity index (χ2n) is 0.845. The van der Waals surface area contributed by atoms with E-state index in [0.29, 0.717) is 5.37 Å². The summed E-state index contributed by atoms with van der Waals surface area (Å²) in [4.78, 5) is 0. The van der Waals surface area contributed by atoms with Crippen LogP contribution < -0.4 is 5.73 Å². The topological polar surface area (TPSA) is 26.0 Å². The molecule has 0 rings (SSSR count). The Labute approximate surface area is 38.0 Å². The molecule has 0 aromatic rings. The van der Waals surface area contributed by atoms with Gasteiger partial charge in [-0.2, -0.15) is 12.6 Å². The standard InChI is InChI=1S/C3H8NS/c1-2-3(4)5/h5H,2,4H2,1H3. The van der Waals surface area contributed by atoms with Crippen LogP contribution in [0.3, 0.4) is 0 Å². The molecule has 0 saturated carbocycles. The van der Waals surface area contributed by atoms with Gasteiger partial charge in [-0.3, -0.25) is 0 Å². The molecular weight excluding hydrogens is 82.1 g/mol. The molecule has 1 nitrogen and oxygen atoms in total. The largest absolute Gasteiger partial charge is 0.315 e. The molecule has 0 aliphatic rings. The Balaban J connectivity index is 2.54. The van der Waals surface area contributed by atoms with Crippen molar-refractivity contribution >= 4 is 12.6 Å². The van der Waals surface area contributed by atoms with Crippen molar-refractivity contribution in [2.24, 2.45) is 5.73 Å². The summed E-state index contributed by atoms with van der Waals surface area (Å²) in [6.07, 6.45) is 0.864. The molecule has 5 heavy (non-hydrogen) atoms. The Kier molecular flexibility index (Phi) is 2.70. The third-order valence-corrected chi connectivity index (χ3v) is 0.678. The Hall–Kier alpha value is 0.310. The first-order chi connectivity index (χ1) is 2.27. The van der Waals surface area contributed by atoms with Gasteiger partial charge in [0.15, 0.2) is 0 Å². The van der Waals surface area contributed by atoms with Crippen LogP contribution in [0.5, 0.6) is 0 Å². The lowest BCUT2D eigenvalue weighted by molar-refractivity contribution is 1.03. The van der Waals surface area contributed by atoms with Crippen LogP contribution >= 0.6 is 12.6 Å². The predicted molar refractivity (Wildman–Crippen MR) is 26.7 cm³/mol. The Bertz CT molecular complexity index is 20.9. The third-order valence-electron chi connectivity index (χ3n) is 0.362. The molecule has 0 spiro atoms. The number of thiol groups is 1. The minimum absolute atomic E-state index is 0.699. The van der Waals surface area contributed by atoms with E-state index in [-0.39, 0.29) is 0 Å². The molecule has 0 aromatic heterocycles. The number of rotatable bonds is 1. The minimum Gasteiger partial charge on any atom is -0.315 e. The van der Waals surface area contributed by atoms with Crippen LogP contribution in [0.1, 0.15) is 13.3 Å². The molecule has 31 valence electrons. The Morgan fingerprint density at radius 1 is 2.00 bits per heavy atom. The van der Waals surface area contributed by atoms with Crippen molar-refractivity contribution in [3.8, 4) is 0 Å². The van der Waals surface area contributed by atoms with Gasteiger partial charge in [0.05, 0.1) is 5.37 Å². The molecule has 2 N–H and O–H groups in total. The Morgan fingerprint density at radius 2 is 2.20 bits per heavy atom. The van der Waals surface area contributed by atoms with Crippen molar-refractivity contribution < 1.29 is 0 Å². The maximum absolute atomic E-state index is 5.07. The SMILES string of the molecule is CC[C](N)S. The number of hydrogen-bond acceptors (Lipinski definition) is 2. The first kappa shape index (κ1) is 5.31. The fourth-order valence-corrected chi connectivity index (χ4v) is 0. The summed E-state index contributed by atoms with van der Waals surface area (Å²) in [5.41, 5.74) is 5.07. The highest BCUT2D eigenvalue weighted by atomic mass is 32.1. The van der Waals surface area contributed by atoms with E-state index in [1.165, 1.54) is 0 Å². The lowest BCUT2D eigenvalue weighted by atomic mass is 10.5. The van der Waals surface area contributed by atoms with Gasteiger partial charge in [-0.25, -0.2) is 0 Å². The average molecular weight is 90.2 g/mol. The average Bonchev–Trinajstić information content (AvgIpc) is 1.38. The van der Waals surface area contributed by atoms with E-state index < -0.39 is 0 Å². The van der Waals surface area contributed by atoms with Crippen molar-refractivity contribution in [2.45, 2.75) is 13.3 Å². The summed E-state index contributed by atoms with van der Waals surface area (Å²) in [5.74, 6) is 0. The summed E-state index contributed by atoms with van der Waals surface area (Å²) in [6.45, 7) is 1.96. The van der Waals surface area contributed by atoms with Crippen LogP contribution in [-0.2, 0) is 0 Å². The molecule has 0 aromatic carbocycles. The summed E-state index contributed by atoms with van der Waals surface area (Å²) in [6, 6.07) is 0. The van der Waals surface area contributed by atoms with Gasteiger partial charge in [0.2, 0.25) is 0 Å². The van der Waals surface area contributed by atoms with Gasteiger partial charge in [0.1, 0.15) is 0 Å². The molecule has 0 atom stereocenters. The highest BCUT2D eigenvalue weighted by molar-refractivity contribution is 7.83. The lowest BCUT2D eigenvalue weighted by Crippen LogP contribution is -1.97. The van der Waals surface area contributed by atoms with Gasteiger partial charge < -0.3 is 5.73 Å². The molecule has 0 unspecified atom stereocenters. The highest BCUT2D eigenvalue weighted by Crippen LogP contribution is 1.97. The second-order valence-corrected chi connectivity index (χ2v) is 1.42. The van der Waals surface area contributed by atoms with Crippen LogP contribution in [-0.4, -0.2) is 0 Å².